The first-order valence-electron chi connectivity index (χ1n) is 6.74. The standard InChI is InChI=1S/C17H19NO/c1-18-16-6-4-3-5-13(16)9-12-17(18)14-7-10-15(19-2)11-8-14/h3-8,10-11,17H,9,12H2,1-2H3. The molecule has 2 aromatic rings. The zero-order valence-corrected chi connectivity index (χ0v) is 11.5. The molecule has 1 heterocycles. The SMILES string of the molecule is COc1ccc(C2CCc3ccccc3N2C)cc1. The van der Waals surface area contributed by atoms with E-state index in [0.717, 1.165) is 12.2 Å². The molecule has 0 saturated heterocycles. The van der Waals surface area contributed by atoms with E-state index in [9.17, 15) is 0 Å². The zero-order chi connectivity index (χ0) is 13.2. The van der Waals surface area contributed by atoms with E-state index >= 15 is 0 Å². The summed E-state index contributed by atoms with van der Waals surface area (Å²) < 4.78 is 5.23. The molecule has 3 rings (SSSR count). The minimum Gasteiger partial charge on any atom is -0.497 e. The van der Waals surface area contributed by atoms with Crippen molar-refractivity contribution in [2.24, 2.45) is 0 Å². The van der Waals surface area contributed by atoms with E-state index in [2.05, 4.69) is 48.3 Å². The number of ether oxygens (including phenoxy) is 1. The summed E-state index contributed by atoms with van der Waals surface area (Å²) in [6, 6.07) is 17.6. The van der Waals surface area contributed by atoms with Gasteiger partial charge in [-0.25, -0.2) is 0 Å². The average Bonchev–Trinajstić information content (AvgIpc) is 2.48. The summed E-state index contributed by atoms with van der Waals surface area (Å²) in [5, 5.41) is 0. The van der Waals surface area contributed by atoms with Crippen LogP contribution >= 0.6 is 0 Å². The molecule has 2 nitrogen and oxygen atoms in total. The van der Waals surface area contributed by atoms with Gasteiger partial charge in [-0.3, -0.25) is 0 Å². The number of aryl methyl sites for hydroxylation is 1. The topological polar surface area (TPSA) is 12.5 Å². The summed E-state index contributed by atoms with van der Waals surface area (Å²) in [6.07, 6.45) is 2.32. The van der Waals surface area contributed by atoms with Crippen molar-refractivity contribution in [3.63, 3.8) is 0 Å². The van der Waals surface area contributed by atoms with Gasteiger partial charge >= 0.3 is 0 Å². The van der Waals surface area contributed by atoms with Gasteiger partial charge in [0.25, 0.3) is 0 Å². The van der Waals surface area contributed by atoms with Crippen molar-refractivity contribution in [2.75, 3.05) is 19.1 Å². The van der Waals surface area contributed by atoms with Crippen LogP contribution in [0.4, 0.5) is 5.69 Å². The second-order valence-electron chi connectivity index (χ2n) is 5.07. The molecule has 1 atom stereocenters. The Labute approximate surface area is 114 Å². The lowest BCUT2D eigenvalue weighted by Gasteiger charge is -2.36. The Kier molecular flexibility index (Phi) is 3.16. The molecule has 0 radical (unpaired) electrons. The summed E-state index contributed by atoms with van der Waals surface area (Å²) in [5.41, 5.74) is 4.17. The molecule has 0 spiro atoms. The summed E-state index contributed by atoms with van der Waals surface area (Å²) in [6.45, 7) is 0. The fraction of sp³-hybridized carbons (Fsp3) is 0.294. The van der Waals surface area contributed by atoms with Crippen molar-refractivity contribution in [2.45, 2.75) is 18.9 Å². The first kappa shape index (κ1) is 12.1. The fourth-order valence-corrected chi connectivity index (χ4v) is 2.94. The molecular formula is C17H19NO. The van der Waals surface area contributed by atoms with Crippen LogP contribution in [0.2, 0.25) is 0 Å². The molecule has 1 unspecified atom stereocenters. The Bertz CT molecular complexity index is 562. The Morgan fingerprint density at radius 2 is 1.79 bits per heavy atom. The molecular weight excluding hydrogens is 234 g/mol. The van der Waals surface area contributed by atoms with Crippen LogP contribution in [0.5, 0.6) is 5.75 Å². The zero-order valence-electron chi connectivity index (χ0n) is 11.5. The Balaban J connectivity index is 1.90. The summed E-state index contributed by atoms with van der Waals surface area (Å²) >= 11 is 0. The highest BCUT2D eigenvalue weighted by atomic mass is 16.5. The van der Waals surface area contributed by atoms with Gasteiger partial charge in [0.1, 0.15) is 5.75 Å². The number of hydrogen-bond donors (Lipinski definition) is 0. The van der Waals surface area contributed by atoms with Crippen LogP contribution < -0.4 is 9.64 Å². The predicted octanol–water partition coefficient (Wildman–Crippen LogP) is 3.82. The maximum atomic E-state index is 5.23. The maximum Gasteiger partial charge on any atom is 0.118 e. The van der Waals surface area contributed by atoms with Crippen LogP contribution in [-0.4, -0.2) is 14.2 Å². The van der Waals surface area contributed by atoms with Crippen LogP contribution in [0, 0.1) is 0 Å². The molecule has 0 N–H and O–H groups in total. The van der Waals surface area contributed by atoms with E-state index < -0.39 is 0 Å². The third-order valence-corrected chi connectivity index (χ3v) is 4.03. The highest BCUT2D eigenvalue weighted by Gasteiger charge is 2.24. The molecule has 0 saturated carbocycles. The minimum absolute atomic E-state index is 0.459. The van der Waals surface area contributed by atoms with Gasteiger partial charge in [-0.05, 0) is 42.2 Å². The van der Waals surface area contributed by atoms with Crippen molar-refractivity contribution in [3.8, 4) is 5.75 Å². The van der Waals surface area contributed by atoms with E-state index in [-0.39, 0.29) is 0 Å². The van der Waals surface area contributed by atoms with Gasteiger partial charge in [0.05, 0.1) is 13.2 Å². The van der Waals surface area contributed by atoms with Gasteiger partial charge in [-0.1, -0.05) is 30.3 Å². The molecule has 0 aromatic heterocycles. The van der Waals surface area contributed by atoms with Gasteiger partial charge in [0.15, 0.2) is 0 Å². The number of anilines is 1. The Hall–Kier alpha value is -1.96. The van der Waals surface area contributed by atoms with Crippen LogP contribution in [0.3, 0.4) is 0 Å². The normalized spacial score (nSPS) is 18.0. The molecule has 2 heteroatoms. The lowest BCUT2D eigenvalue weighted by Crippen LogP contribution is -2.29. The van der Waals surface area contributed by atoms with E-state index in [4.69, 9.17) is 4.74 Å². The van der Waals surface area contributed by atoms with Crippen molar-refractivity contribution >= 4 is 5.69 Å². The van der Waals surface area contributed by atoms with Crippen LogP contribution in [-0.2, 0) is 6.42 Å². The highest BCUT2D eigenvalue weighted by Crippen LogP contribution is 2.37. The smallest absolute Gasteiger partial charge is 0.118 e. The highest BCUT2D eigenvalue weighted by molar-refractivity contribution is 5.57. The number of methoxy groups -OCH3 is 1. The molecule has 1 aliphatic heterocycles. The van der Waals surface area contributed by atoms with Gasteiger partial charge in [-0.2, -0.15) is 0 Å². The van der Waals surface area contributed by atoms with Gasteiger partial charge in [0, 0.05) is 12.7 Å². The number of fused-ring (bicyclic) bond motifs is 1. The van der Waals surface area contributed by atoms with Gasteiger partial charge in [0.2, 0.25) is 0 Å². The fourth-order valence-electron chi connectivity index (χ4n) is 2.94. The number of nitrogens with zero attached hydrogens (tertiary/aromatic N) is 1. The number of rotatable bonds is 2. The summed E-state index contributed by atoms with van der Waals surface area (Å²) in [4.78, 5) is 2.39. The number of para-hydroxylation sites is 1. The van der Waals surface area contributed by atoms with Crippen molar-refractivity contribution in [3.05, 3.63) is 59.7 Å². The third-order valence-electron chi connectivity index (χ3n) is 4.03. The van der Waals surface area contributed by atoms with Crippen LogP contribution in [0.1, 0.15) is 23.6 Å². The van der Waals surface area contributed by atoms with E-state index in [1.165, 1.54) is 23.2 Å². The number of hydrogen-bond acceptors (Lipinski definition) is 2. The quantitative estimate of drug-likeness (QED) is 0.806. The first-order chi connectivity index (χ1) is 9.29. The molecule has 0 bridgehead atoms. The van der Waals surface area contributed by atoms with Crippen LogP contribution in [0.25, 0.3) is 0 Å². The summed E-state index contributed by atoms with van der Waals surface area (Å²) in [5.74, 6) is 0.919. The Morgan fingerprint density at radius 1 is 1.05 bits per heavy atom. The average molecular weight is 253 g/mol. The lowest BCUT2D eigenvalue weighted by atomic mass is 9.92. The maximum absolute atomic E-state index is 5.23. The predicted molar refractivity (Wildman–Crippen MR) is 78.9 cm³/mol. The monoisotopic (exact) mass is 253 g/mol. The third kappa shape index (κ3) is 2.19. The molecule has 98 valence electrons. The molecule has 19 heavy (non-hydrogen) atoms. The Morgan fingerprint density at radius 3 is 2.53 bits per heavy atom. The largest absolute Gasteiger partial charge is 0.497 e. The first-order valence-corrected chi connectivity index (χ1v) is 6.74. The van der Waals surface area contributed by atoms with E-state index in [0.29, 0.717) is 6.04 Å². The molecule has 0 aliphatic carbocycles. The van der Waals surface area contributed by atoms with E-state index in [1.807, 2.05) is 12.1 Å². The molecule has 0 fully saturated rings. The second-order valence-corrected chi connectivity index (χ2v) is 5.07. The molecule has 0 amide bonds. The van der Waals surface area contributed by atoms with Crippen molar-refractivity contribution < 1.29 is 4.74 Å². The van der Waals surface area contributed by atoms with Gasteiger partial charge < -0.3 is 9.64 Å². The van der Waals surface area contributed by atoms with Crippen LogP contribution in [0.15, 0.2) is 48.5 Å². The number of benzene rings is 2. The lowest BCUT2D eigenvalue weighted by molar-refractivity contribution is 0.414. The van der Waals surface area contributed by atoms with Gasteiger partial charge in [-0.15, -0.1) is 0 Å². The summed E-state index contributed by atoms with van der Waals surface area (Å²) in [7, 11) is 3.89. The van der Waals surface area contributed by atoms with E-state index in [1.54, 1.807) is 7.11 Å². The molecule has 1 aliphatic rings. The van der Waals surface area contributed by atoms with Crippen molar-refractivity contribution in [1.82, 2.24) is 0 Å². The van der Waals surface area contributed by atoms with Crippen molar-refractivity contribution in [1.29, 1.82) is 0 Å². The molecule has 2 aromatic carbocycles. The second kappa shape index (κ2) is 4.96. The minimum atomic E-state index is 0.459.